The molecule has 0 spiro atoms. The lowest BCUT2D eigenvalue weighted by molar-refractivity contribution is -0.138. The van der Waals surface area contributed by atoms with Crippen LogP contribution in [0.15, 0.2) is 17.5 Å². The zero-order valence-corrected chi connectivity index (χ0v) is 13.4. The molecule has 0 fully saturated rings. The third-order valence-corrected chi connectivity index (χ3v) is 4.35. The van der Waals surface area contributed by atoms with Gasteiger partial charge < -0.3 is 15.7 Å². The van der Waals surface area contributed by atoms with Gasteiger partial charge in [-0.25, -0.2) is 4.79 Å². The van der Waals surface area contributed by atoms with E-state index in [9.17, 15) is 9.59 Å². The minimum Gasteiger partial charge on any atom is -0.481 e. The van der Waals surface area contributed by atoms with Crippen LogP contribution in [0.4, 0.5) is 4.79 Å². The van der Waals surface area contributed by atoms with E-state index in [1.807, 2.05) is 24.4 Å². The van der Waals surface area contributed by atoms with Crippen molar-refractivity contribution in [3.05, 3.63) is 22.4 Å². The Morgan fingerprint density at radius 3 is 2.67 bits per heavy atom. The first kappa shape index (κ1) is 17.5. The second-order valence-electron chi connectivity index (χ2n) is 5.08. The summed E-state index contributed by atoms with van der Waals surface area (Å²) in [6.07, 6.45) is 2.69. The van der Waals surface area contributed by atoms with Crippen LogP contribution in [0.2, 0.25) is 0 Å². The van der Waals surface area contributed by atoms with Gasteiger partial charge in [-0.15, -0.1) is 11.3 Å². The van der Waals surface area contributed by atoms with Crippen LogP contribution in [0.3, 0.4) is 0 Å². The third kappa shape index (κ3) is 6.62. The van der Waals surface area contributed by atoms with E-state index in [-0.39, 0.29) is 24.4 Å². The maximum absolute atomic E-state index is 12.0. The van der Waals surface area contributed by atoms with Crippen molar-refractivity contribution in [2.45, 2.75) is 45.6 Å². The number of aliphatic carboxylic acids is 1. The van der Waals surface area contributed by atoms with Gasteiger partial charge in [0.2, 0.25) is 0 Å². The second kappa shape index (κ2) is 9.39. The number of amides is 2. The largest absolute Gasteiger partial charge is 0.481 e. The summed E-state index contributed by atoms with van der Waals surface area (Å²) < 4.78 is 0. The van der Waals surface area contributed by atoms with Crippen LogP contribution in [0.25, 0.3) is 0 Å². The standard InChI is InChI=1S/C15H24N2O3S/c1-3-6-12(13-7-5-8-21-13)17-15(20)16-10-11(4-2)9-14(18)19/h5,7-8,11-12H,3-4,6,9-10H2,1-2H3,(H,18,19)(H2,16,17,20). The SMILES string of the molecule is CCCC(NC(=O)NCC(CC)CC(=O)O)c1cccs1. The summed E-state index contributed by atoms with van der Waals surface area (Å²) in [5.41, 5.74) is 0. The molecule has 0 aliphatic carbocycles. The lowest BCUT2D eigenvalue weighted by atomic mass is 10.0. The van der Waals surface area contributed by atoms with Crippen LogP contribution >= 0.6 is 11.3 Å². The molecule has 0 bridgehead atoms. The van der Waals surface area contributed by atoms with E-state index in [4.69, 9.17) is 5.11 Å². The van der Waals surface area contributed by atoms with Crippen LogP contribution in [0.1, 0.15) is 50.4 Å². The van der Waals surface area contributed by atoms with Gasteiger partial charge in [0.1, 0.15) is 0 Å². The Morgan fingerprint density at radius 1 is 1.38 bits per heavy atom. The number of thiophene rings is 1. The molecule has 0 radical (unpaired) electrons. The molecule has 0 aliphatic rings. The quantitative estimate of drug-likeness (QED) is 0.654. The first-order valence-corrected chi connectivity index (χ1v) is 8.24. The molecule has 0 aliphatic heterocycles. The van der Waals surface area contributed by atoms with E-state index in [2.05, 4.69) is 17.6 Å². The van der Waals surface area contributed by atoms with Gasteiger partial charge in [0, 0.05) is 17.8 Å². The monoisotopic (exact) mass is 312 g/mol. The average Bonchev–Trinajstić information content (AvgIpc) is 2.96. The van der Waals surface area contributed by atoms with Crippen LogP contribution in [0.5, 0.6) is 0 Å². The number of urea groups is 1. The van der Waals surface area contributed by atoms with Crippen molar-refractivity contribution < 1.29 is 14.7 Å². The first-order valence-electron chi connectivity index (χ1n) is 7.36. The Labute approximate surface area is 129 Å². The molecule has 2 unspecified atom stereocenters. The minimum atomic E-state index is -0.827. The zero-order chi connectivity index (χ0) is 15.7. The van der Waals surface area contributed by atoms with Crippen LogP contribution in [-0.4, -0.2) is 23.7 Å². The molecule has 6 heteroatoms. The number of hydrogen-bond donors (Lipinski definition) is 3. The molecule has 1 rings (SSSR count). The maximum atomic E-state index is 12.0. The lowest BCUT2D eigenvalue weighted by Crippen LogP contribution is -2.40. The van der Waals surface area contributed by atoms with E-state index in [0.717, 1.165) is 24.1 Å². The smallest absolute Gasteiger partial charge is 0.315 e. The van der Waals surface area contributed by atoms with Crippen molar-refractivity contribution in [1.29, 1.82) is 0 Å². The average molecular weight is 312 g/mol. The number of carbonyl (C=O) groups excluding carboxylic acids is 1. The highest BCUT2D eigenvalue weighted by molar-refractivity contribution is 7.10. The van der Waals surface area contributed by atoms with E-state index in [0.29, 0.717) is 6.54 Å². The Hall–Kier alpha value is -1.56. The minimum absolute atomic E-state index is 0.0227. The molecular formula is C15H24N2O3S. The van der Waals surface area contributed by atoms with Gasteiger partial charge in [-0.3, -0.25) is 4.79 Å². The van der Waals surface area contributed by atoms with Gasteiger partial charge in [-0.1, -0.05) is 32.8 Å². The fourth-order valence-electron chi connectivity index (χ4n) is 2.12. The van der Waals surface area contributed by atoms with E-state index in [1.165, 1.54) is 0 Å². The molecule has 0 aromatic carbocycles. The number of hydrogen-bond acceptors (Lipinski definition) is 3. The number of nitrogens with one attached hydrogen (secondary N) is 2. The predicted molar refractivity (Wildman–Crippen MR) is 84.5 cm³/mol. The molecule has 0 saturated heterocycles. The van der Waals surface area contributed by atoms with Crippen LogP contribution in [-0.2, 0) is 4.79 Å². The van der Waals surface area contributed by atoms with Crippen molar-refractivity contribution in [3.8, 4) is 0 Å². The highest BCUT2D eigenvalue weighted by Crippen LogP contribution is 2.23. The summed E-state index contributed by atoms with van der Waals surface area (Å²) in [5, 5.41) is 16.5. The van der Waals surface area contributed by atoms with Gasteiger partial charge in [0.25, 0.3) is 0 Å². The van der Waals surface area contributed by atoms with Gasteiger partial charge in [-0.2, -0.15) is 0 Å². The second-order valence-corrected chi connectivity index (χ2v) is 6.06. The first-order chi connectivity index (χ1) is 10.1. The van der Waals surface area contributed by atoms with Crippen molar-refractivity contribution in [1.82, 2.24) is 10.6 Å². The molecule has 21 heavy (non-hydrogen) atoms. The van der Waals surface area contributed by atoms with Crippen molar-refractivity contribution in [2.75, 3.05) is 6.54 Å². The number of carboxylic acid groups (broad SMARTS) is 1. The van der Waals surface area contributed by atoms with Crippen LogP contribution in [0, 0.1) is 5.92 Å². The number of carboxylic acids is 1. The highest BCUT2D eigenvalue weighted by Gasteiger charge is 2.16. The normalized spacial score (nSPS) is 13.4. The number of carbonyl (C=O) groups is 2. The van der Waals surface area contributed by atoms with E-state index >= 15 is 0 Å². The van der Waals surface area contributed by atoms with E-state index in [1.54, 1.807) is 11.3 Å². The third-order valence-electron chi connectivity index (χ3n) is 3.36. The summed E-state index contributed by atoms with van der Waals surface area (Å²) in [7, 11) is 0. The number of rotatable bonds is 9. The molecule has 2 atom stereocenters. The summed E-state index contributed by atoms with van der Waals surface area (Å²) in [4.78, 5) is 23.8. The predicted octanol–water partition coefficient (Wildman–Crippen LogP) is 3.39. The topological polar surface area (TPSA) is 78.4 Å². The van der Waals surface area contributed by atoms with Crippen molar-refractivity contribution >= 4 is 23.3 Å². The highest BCUT2D eigenvalue weighted by atomic mass is 32.1. The molecule has 5 nitrogen and oxygen atoms in total. The molecule has 1 aromatic heterocycles. The molecule has 0 saturated carbocycles. The van der Waals surface area contributed by atoms with Crippen molar-refractivity contribution in [3.63, 3.8) is 0 Å². The Kier molecular flexibility index (Phi) is 7.82. The van der Waals surface area contributed by atoms with E-state index < -0.39 is 5.97 Å². The van der Waals surface area contributed by atoms with Gasteiger partial charge >= 0.3 is 12.0 Å². The van der Waals surface area contributed by atoms with Crippen LogP contribution < -0.4 is 10.6 Å². The molecule has 3 N–H and O–H groups in total. The summed E-state index contributed by atoms with van der Waals surface area (Å²) in [6, 6.07) is 3.78. The van der Waals surface area contributed by atoms with Gasteiger partial charge in [-0.05, 0) is 23.8 Å². The molecular weight excluding hydrogens is 288 g/mol. The summed E-state index contributed by atoms with van der Waals surface area (Å²) >= 11 is 1.63. The molecule has 1 heterocycles. The molecule has 1 aromatic rings. The van der Waals surface area contributed by atoms with Gasteiger partial charge in [0.05, 0.1) is 6.04 Å². The summed E-state index contributed by atoms with van der Waals surface area (Å²) in [6.45, 7) is 4.40. The zero-order valence-electron chi connectivity index (χ0n) is 12.6. The lowest BCUT2D eigenvalue weighted by Gasteiger charge is -2.19. The Morgan fingerprint density at radius 2 is 2.14 bits per heavy atom. The molecule has 118 valence electrons. The molecule has 2 amide bonds. The Bertz CT molecular complexity index is 434. The fraction of sp³-hybridized carbons (Fsp3) is 0.600. The van der Waals surface area contributed by atoms with Gasteiger partial charge in [0.15, 0.2) is 0 Å². The van der Waals surface area contributed by atoms with Crippen molar-refractivity contribution in [2.24, 2.45) is 5.92 Å². The Balaban J connectivity index is 2.45. The maximum Gasteiger partial charge on any atom is 0.315 e. The summed E-state index contributed by atoms with van der Waals surface area (Å²) in [5.74, 6) is -0.855. The fourth-order valence-corrected chi connectivity index (χ4v) is 2.93.